The van der Waals surface area contributed by atoms with Gasteiger partial charge in [-0.2, -0.15) is 0 Å². The van der Waals surface area contributed by atoms with Gasteiger partial charge in [-0.25, -0.2) is 4.79 Å². The van der Waals surface area contributed by atoms with E-state index in [-0.39, 0.29) is 23.9 Å². The lowest BCUT2D eigenvalue weighted by Crippen LogP contribution is -2.32. The van der Waals surface area contributed by atoms with E-state index >= 15 is 0 Å². The number of hydrogen-bond donors (Lipinski definition) is 3. The molecule has 0 spiro atoms. The molecule has 0 unspecified atom stereocenters. The number of furan rings is 1. The molecule has 1 fully saturated rings. The fraction of sp³-hybridized carbons (Fsp3) is 0.200. The second-order valence-electron chi connectivity index (χ2n) is 9.49. The Balaban J connectivity index is 1.43. The molecule has 2 aromatic carbocycles. The van der Waals surface area contributed by atoms with Crippen LogP contribution in [0, 0.1) is 13.8 Å². The smallest absolute Gasteiger partial charge is 0.336 e. The van der Waals surface area contributed by atoms with E-state index in [2.05, 4.69) is 15.6 Å². The van der Waals surface area contributed by atoms with Crippen LogP contribution in [0.15, 0.2) is 83.4 Å². The molecular formula is C30H28N4O4S. The normalized spacial score (nSPS) is 16.7. The van der Waals surface area contributed by atoms with Gasteiger partial charge in [0.25, 0.3) is 0 Å². The van der Waals surface area contributed by atoms with Gasteiger partial charge in [-0.15, -0.1) is 0 Å². The Labute approximate surface area is 231 Å². The molecule has 5 rings (SSSR count). The zero-order valence-corrected chi connectivity index (χ0v) is 22.4. The van der Waals surface area contributed by atoms with E-state index in [4.69, 9.17) is 16.6 Å². The van der Waals surface area contributed by atoms with Crippen LogP contribution in [0.25, 0.3) is 11.3 Å². The van der Waals surface area contributed by atoms with E-state index in [0.29, 0.717) is 28.7 Å². The van der Waals surface area contributed by atoms with Gasteiger partial charge in [0.1, 0.15) is 17.6 Å². The van der Waals surface area contributed by atoms with Gasteiger partial charge in [-0.3, -0.25) is 9.78 Å². The summed E-state index contributed by atoms with van der Waals surface area (Å²) in [5.41, 5.74) is 4.26. The number of carboxylic acid groups (broad SMARTS) is 1. The Morgan fingerprint density at radius 2 is 1.87 bits per heavy atom. The fourth-order valence-electron chi connectivity index (χ4n) is 4.80. The third-order valence-corrected chi connectivity index (χ3v) is 7.14. The van der Waals surface area contributed by atoms with E-state index in [0.717, 1.165) is 22.5 Å². The molecule has 0 bridgehead atoms. The molecule has 3 N–H and O–H groups in total. The van der Waals surface area contributed by atoms with Gasteiger partial charge in [-0.1, -0.05) is 36.4 Å². The summed E-state index contributed by atoms with van der Waals surface area (Å²) in [6.45, 7) is 4.29. The van der Waals surface area contributed by atoms with Crippen molar-refractivity contribution in [3.05, 3.63) is 107 Å². The van der Waals surface area contributed by atoms with Gasteiger partial charge in [0.05, 0.1) is 17.3 Å². The van der Waals surface area contributed by atoms with Crippen molar-refractivity contribution in [3.63, 3.8) is 0 Å². The summed E-state index contributed by atoms with van der Waals surface area (Å²) in [6.07, 6.45) is 1.92. The van der Waals surface area contributed by atoms with Crippen LogP contribution in [0.4, 0.5) is 5.69 Å². The van der Waals surface area contributed by atoms with Gasteiger partial charge >= 0.3 is 5.97 Å². The number of anilines is 1. The predicted molar refractivity (Wildman–Crippen MR) is 152 cm³/mol. The molecule has 9 heteroatoms. The maximum atomic E-state index is 12.9. The standard InChI is InChI=1S/C30H28N4O4S/c1-18-10-11-19(2)23(17-18)32-26(35)14-16-34-28(27(33-30(34)39)22-9-5-6-15-31-22)25-13-12-24(38-25)20-7-3-4-8-21(20)29(36)37/h3-13,15,17,27-28H,14,16H2,1-2H3,(H,32,35)(H,33,39)(H,36,37)/t27-,28-/m0/s1. The number of benzene rings is 2. The molecule has 3 heterocycles. The molecule has 8 nitrogen and oxygen atoms in total. The lowest BCUT2D eigenvalue weighted by Gasteiger charge is -2.26. The molecule has 0 radical (unpaired) electrons. The highest BCUT2D eigenvalue weighted by Crippen LogP contribution is 2.40. The summed E-state index contributed by atoms with van der Waals surface area (Å²) in [5.74, 6) is -0.131. The van der Waals surface area contributed by atoms with Crippen molar-refractivity contribution in [2.45, 2.75) is 32.4 Å². The van der Waals surface area contributed by atoms with Crippen molar-refractivity contribution in [1.82, 2.24) is 15.2 Å². The highest BCUT2D eigenvalue weighted by atomic mass is 32.1. The quantitative estimate of drug-likeness (QED) is 0.246. The summed E-state index contributed by atoms with van der Waals surface area (Å²) < 4.78 is 6.27. The van der Waals surface area contributed by atoms with Crippen molar-refractivity contribution >= 4 is 34.9 Å². The average Bonchev–Trinajstić information content (AvgIpc) is 3.54. The first-order valence-corrected chi connectivity index (χ1v) is 13.0. The minimum atomic E-state index is -1.03. The third kappa shape index (κ3) is 5.53. The summed E-state index contributed by atoms with van der Waals surface area (Å²) in [4.78, 5) is 31.2. The van der Waals surface area contributed by atoms with Crippen LogP contribution in [0.5, 0.6) is 0 Å². The number of nitrogens with zero attached hydrogens (tertiary/aromatic N) is 2. The SMILES string of the molecule is Cc1ccc(C)c(NC(=O)CCN2C(=S)N[C@@H](c3ccccn3)[C@@H]2c2ccc(-c3ccccc3C(=O)O)o2)c1. The molecule has 4 aromatic rings. The van der Waals surface area contributed by atoms with Crippen molar-refractivity contribution in [2.75, 3.05) is 11.9 Å². The Morgan fingerprint density at radius 1 is 1.08 bits per heavy atom. The van der Waals surface area contributed by atoms with Crippen LogP contribution < -0.4 is 10.6 Å². The first kappa shape index (κ1) is 26.1. The highest BCUT2D eigenvalue weighted by molar-refractivity contribution is 7.80. The van der Waals surface area contributed by atoms with Crippen LogP contribution in [0.3, 0.4) is 0 Å². The Morgan fingerprint density at radius 3 is 2.64 bits per heavy atom. The van der Waals surface area contributed by atoms with Crippen LogP contribution >= 0.6 is 12.2 Å². The van der Waals surface area contributed by atoms with Crippen molar-refractivity contribution in [1.29, 1.82) is 0 Å². The number of carbonyl (C=O) groups excluding carboxylic acids is 1. The second-order valence-corrected chi connectivity index (χ2v) is 9.88. The topological polar surface area (TPSA) is 108 Å². The summed E-state index contributed by atoms with van der Waals surface area (Å²) in [5, 5.41) is 16.5. The first-order valence-electron chi connectivity index (χ1n) is 12.6. The molecule has 39 heavy (non-hydrogen) atoms. The number of rotatable bonds is 8. The lowest BCUT2D eigenvalue weighted by atomic mass is 10.0. The second kappa shape index (κ2) is 11.1. The molecule has 2 aromatic heterocycles. The molecule has 1 saturated heterocycles. The van der Waals surface area contributed by atoms with E-state index in [1.165, 1.54) is 0 Å². The molecule has 1 aliphatic rings. The van der Waals surface area contributed by atoms with E-state index in [1.54, 1.807) is 36.5 Å². The van der Waals surface area contributed by atoms with E-state index < -0.39 is 12.0 Å². The number of aromatic carboxylic acids is 1. The van der Waals surface area contributed by atoms with Crippen LogP contribution in [0.2, 0.25) is 0 Å². The molecule has 2 atom stereocenters. The van der Waals surface area contributed by atoms with E-state index in [9.17, 15) is 14.7 Å². The van der Waals surface area contributed by atoms with Crippen molar-refractivity contribution in [3.8, 4) is 11.3 Å². The molecule has 0 aliphatic carbocycles. The fourth-order valence-corrected chi connectivity index (χ4v) is 5.13. The predicted octanol–water partition coefficient (Wildman–Crippen LogP) is 5.66. The molecule has 0 saturated carbocycles. The zero-order valence-electron chi connectivity index (χ0n) is 21.5. The summed E-state index contributed by atoms with van der Waals surface area (Å²) in [7, 11) is 0. The lowest BCUT2D eigenvalue weighted by molar-refractivity contribution is -0.116. The van der Waals surface area contributed by atoms with Gasteiger partial charge in [-0.05, 0) is 73.6 Å². The van der Waals surface area contributed by atoms with Crippen LogP contribution in [-0.2, 0) is 4.79 Å². The molecular weight excluding hydrogens is 512 g/mol. The minimum absolute atomic E-state index is 0.123. The largest absolute Gasteiger partial charge is 0.478 e. The molecule has 1 aliphatic heterocycles. The van der Waals surface area contributed by atoms with Gasteiger partial charge in [0, 0.05) is 30.4 Å². The van der Waals surface area contributed by atoms with E-state index in [1.807, 2.05) is 61.2 Å². The number of amides is 1. The Hall–Kier alpha value is -4.50. The monoisotopic (exact) mass is 540 g/mol. The Bertz CT molecular complexity index is 1530. The van der Waals surface area contributed by atoms with Crippen molar-refractivity contribution < 1.29 is 19.1 Å². The zero-order chi connectivity index (χ0) is 27.5. The number of aryl methyl sites for hydroxylation is 2. The van der Waals surface area contributed by atoms with Gasteiger partial charge in [0.2, 0.25) is 5.91 Å². The first-order chi connectivity index (χ1) is 18.8. The number of pyridine rings is 1. The maximum Gasteiger partial charge on any atom is 0.336 e. The average molecular weight is 541 g/mol. The maximum absolute atomic E-state index is 12.9. The molecule has 198 valence electrons. The highest BCUT2D eigenvalue weighted by Gasteiger charge is 2.41. The van der Waals surface area contributed by atoms with Crippen LogP contribution in [-0.4, -0.2) is 38.5 Å². The number of hydrogen-bond acceptors (Lipinski definition) is 5. The van der Waals surface area contributed by atoms with Crippen LogP contribution in [0.1, 0.15) is 51.4 Å². The summed E-state index contributed by atoms with van der Waals surface area (Å²) >= 11 is 5.71. The number of thiocarbonyl (C=S) groups is 1. The Kier molecular flexibility index (Phi) is 7.42. The number of nitrogens with one attached hydrogen (secondary N) is 2. The number of aromatic nitrogens is 1. The van der Waals surface area contributed by atoms with Gasteiger partial charge < -0.3 is 25.1 Å². The number of carbonyl (C=O) groups is 2. The summed E-state index contributed by atoms with van der Waals surface area (Å²) in [6, 6.07) is 21.2. The number of carboxylic acids is 1. The third-order valence-electron chi connectivity index (χ3n) is 6.79. The van der Waals surface area contributed by atoms with Gasteiger partial charge in [0.15, 0.2) is 5.11 Å². The van der Waals surface area contributed by atoms with Crippen molar-refractivity contribution in [2.24, 2.45) is 0 Å². The molecule has 1 amide bonds. The minimum Gasteiger partial charge on any atom is -0.478 e.